The Morgan fingerprint density at radius 2 is 2.64 bits per heavy atom. The van der Waals surface area contributed by atoms with Crippen LogP contribution in [0.25, 0.3) is 0 Å². The number of hydrogen-bond donors (Lipinski definition) is 2. The molecule has 0 spiro atoms. The fraction of sp³-hybridized carbons (Fsp3) is 0.800. The molecule has 0 aromatic heterocycles. The van der Waals surface area contributed by atoms with E-state index in [2.05, 4.69) is 5.43 Å². The molecule has 1 fully saturated rings. The lowest BCUT2D eigenvalue weighted by atomic mass is 10.6. The van der Waals surface area contributed by atoms with E-state index in [4.69, 9.17) is 9.84 Å². The Morgan fingerprint density at radius 3 is 3.18 bits per heavy atom. The van der Waals surface area contributed by atoms with Crippen molar-refractivity contribution in [3.63, 3.8) is 0 Å². The van der Waals surface area contributed by atoms with Crippen LogP contribution in [0.1, 0.15) is 6.92 Å². The molecule has 6 heteroatoms. The third-order valence-corrected chi connectivity index (χ3v) is 1.84. The van der Waals surface area contributed by atoms with Crippen LogP contribution in [0.15, 0.2) is 0 Å². The quantitative estimate of drug-likeness (QED) is 0.570. The molecule has 0 saturated carbocycles. The van der Waals surface area contributed by atoms with E-state index < -0.39 is 5.30 Å². The summed E-state index contributed by atoms with van der Waals surface area (Å²) < 4.78 is 6.68. The highest BCUT2D eigenvalue weighted by Crippen LogP contribution is 2.10. The summed E-state index contributed by atoms with van der Waals surface area (Å²) >= 11 is 0.738. The van der Waals surface area contributed by atoms with E-state index in [1.165, 1.54) is 0 Å². The maximum absolute atomic E-state index is 10.2. The predicted molar refractivity (Wildman–Crippen MR) is 40.9 cm³/mol. The first kappa shape index (κ1) is 8.79. The van der Waals surface area contributed by atoms with Gasteiger partial charge in [0.1, 0.15) is 6.23 Å². The minimum atomic E-state index is -0.911. The first-order valence-electron chi connectivity index (χ1n) is 3.24. The summed E-state index contributed by atoms with van der Waals surface area (Å²) in [5.41, 5.74) is 2.84. The van der Waals surface area contributed by atoms with Gasteiger partial charge in [-0.15, -0.1) is 0 Å². The lowest BCUT2D eigenvalue weighted by Gasteiger charge is -2.29. The van der Waals surface area contributed by atoms with Gasteiger partial charge in [-0.2, -0.15) is 4.41 Å². The third-order valence-electron chi connectivity index (χ3n) is 1.18. The van der Waals surface area contributed by atoms with Crippen molar-refractivity contribution >= 4 is 17.2 Å². The zero-order valence-electron chi connectivity index (χ0n) is 6.11. The number of hydrazine groups is 1. The Kier molecular flexibility index (Phi) is 3.13. The molecule has 0 amide bonds. The van der Waals surface area contributed by atoms with Crippen LogP contribution >= 0.6 is 11.9 Å². The van der Waals surface area contributed by atoms with Crippen LogP contribution in [0.5, 0.6) is 0 Å². The molecule has 1 saturated heterocycles. The molecule has 64 valence electrons. The Hall–Kier alpha value is -0.300. The molecule has 0 radical (unpaired) electrons. The number of nitrogens with one attached hydrogen (secondary N) is 1. The molecule has 1 heterocycles. The molecule has 0 aromatic rings. The maximum atomic E-state index is 10.2. The van der Waals surface area contributed by atoms with Crippen molar-refractivity contribution < 1.29 is 14.6 Å². The number of ether oxygens (including phenoxy) is 1. The van der Waals surface area contributed by atoms with Crippen molar-refractivity contribution in [2.45, 2.75) is 13.2 Å². The molecule has 1 unspecified atom stereocenters. The molecule has 5 nitrogen and oxygen atoms in total. The van der Waals surface area contributed by atoms with Crippen LogP contribution in [0.4, 0.5) is 4.79 Å². The summed E-state index contributed by atoms with van der Waals surface area (Å²) in [6.45, 7) is 2.98. The second-order valence-corrected chi connectivity index (χ2v) is 3.07. The Labute approximate surface area is 68.8 Å². The fourth-order valence-electron chi connectivity index (χ4n) is 0.783. The monoisotopic (exact) mass is 178 g/mol. The van der Waals surface area contributed by atoms with E-state index in [0.29, 0.717) is 13.2 Å². The average Bonchev–Trinajstić information content (AvgIpc) is 1.85. The van der Waals surface area contributed by atoms with Crippen LogP contribution in [0, 0.1) is 0 Å². The molecule has 1 aliphatic heterocycles. The largest absolute Gasteiger partial charge is 0.472 e. The fourth-order valence-corrected chi connectivity index (χ4v) is 1.34. The average molecular weight is 178 g/mol. The molecule has 0 aliphatic carbocycles. The molecule has 0 bridgehead atoms. The van der Waals surface area contributed by atoms with Crippen molar-refractivity contribution in [1.29, 1.82) is 0 Å². The highest BCUT2D eigenvalue weighted by atomic mass is 32.2. The number of hydrogen-bond acceptors (Lipinski definition) is 5. The van der Waals surface area contributed by atoms with Crippen molar-refractivity contribution in [2.75, 3.05) is 13.2 Å². The molecule has 1 aliphatic rings. The van der Waals surface area contributed by atoms with Gasteiger partial charge in [0.25, 0.3) is 0 Å². The van der Waals surface area contributed by atoms with E-state index in [1.807, 2.05) is 6.92 Å². The maximum Gasteiger partial charge on any atom is 0.381 e. The molecule has 0 aromatic carbocycles. The van der Waals surface area contributed by atoms with E-state index in [0.717, 1.165) is 11.9 Å². The van der Waals surface area contributed by atoms with E-state index >= 15 is 0 Å². The summed E-state index contributed by atoms with van der Waals surface area (Å²) in [6.07, 6.45) is -0.101. The van der Waals surface area contributed by atoms with Gasteiger partial charge in [-0.1, -0.05) is 0 Å². The summed E-state index contributed by atoms with van der Waals surface area (Å²) in [4.78, 5) is 10.2. The van der Waals surface area contributed by atoms with E-state index in [1.54, 1.807) is 4.41 Å². The first-order valence-corrected chi connectivity index (χ1v) is 4.02. The van der Waals surface area contributed by atoms with Gasteiger partial charge in [-0.3, -0.25) is 0 Å². The van der Waals surface area contributed by atoms with Gasteiger partial charge in [-0.25, -0.2) is 10.2 Å². The van der Waals surface area contributed by atoms with Gasteiger partial charge in [0.05, 0.1) is 18.6 Å². The van der Waals surface area contributed by atoms with Crippen LogP contribution in [-0.2, 0) is 4.74 Å². The van der Waals surface area contributed by atoms with E-state index in [9.17, 15) is 4.79 Å². The predicted octanol–water partition coefficient (Wildman–Crippen LogP) is 0.495. The van der Waals surface area contributed by atoms with Gasteiger partial charge >= 0.3 is 5.30 Å². The van der Waals surface area contributed by atoms with Crippen LogP contribution in [0.3, 0.4) is 0 Å². The van der Waals surface area contributed by atoms with Crippen molar-refractivity contribution in [3.8, 4) is 0 Å². The van der Waals surface area contributed by atoms with Crippen LogP contribution in [-0.4, -0.2) is 34.2 Å². The third kappa shape index (κ3) is 3.06. The Bertz CT molecular complexity index is 155. The smallest absolute Gasteiger partial charge is 0.381 e. The molecular weight excluding hydrogens is 168 g/mol. The lowest BCUT2D eigenvalue weighted by molar-refractivity contribution is -0.0361. The van der Waals surface area contributed by atoms with Gasteiger partial charge in [-0.05, 0) is 6.92 Å². The van der Waals surface area contributed by atoms with Crippen LogP contribution < -0.4 is 5.43 Å². The minimum Gasteiger partial charge on any atom is -0.472 e. The second-order valence-electron chi connectivity index (χ2n) is 2.10. The molecule has 1 atom stereocenters. The SMILES string of the molecule is CC1NN(SC(=O)O)CCO1. The number of rotatable bonds is 1. The van der Waals surface area contributed by atoms with E-state index in [-0.39, 0.29) is 6.23 Å². The zero-order valence-corrected chi connectivity index (χ0v) is 6.93. The molecular formula is C5H10N2O3S. The summed E-state index contributed by atoms with van der Waals surface area (Å²) in [7, 11) is 0. The molecule has 1 rings (SSSR count). The summed E-state index contributed by atoms with van der Waals surface area (Å²) in [5, 5.41) is 7.48. The van der Waals surface area contributed by atoms with Crippen molar-refractivity contribution in [3.05, 3.63) is 0 Å². The zero-order chi connectivity index (χ0) is 8.27. The number of nitrogens with zero attached hydrogens (tertiary/aromatic N) is 1. The van der Waals surface area contributed by atoms with Gasteiger partial charge in [0.2, 0.25) is 0 Å². The Balaban J connectivity index is 2.28. The minimum absolute atomic E-state index is 0.101. The number of carbonyl (C=O) groups is 1. The molecule has 11 heavy (non-hydrogen) atoms. The second kappa shape index (κ2) is 3.91. The van der Waals surface area contributed by atoms with Crippen molar-refractivity contribution in [1.82, 2.24) is 9.84 Å². The van der Waals surface area contributed by atoms with Gasteiger partial charge < -0.3 is 9.84 Å². The van der Waals surface area contributed by atoms with Gasteiger partial charge in [0, 0.05) is 6.54 Å². The standard InChI is InChI=1S/C5H10N2O3S/c1-4-6-7(2-3-10-4)11-5(8)9/h4,6H,2-3H2,1H3,(H,8,9). The van der Waals surface area contributed by atoms with Crippen molar-refractivity contribution in [2.24, 2.45) is 0 Å². The highest BCUT2D eigenvalue weighted by molar-refractivity contribution is 8.11. The van der Waals surface area contributed by atoms with Crippen LogP contribution in [0.2, 0.25) is 0 Å². The highest BCUT2D eigenvalue weighted by Gasteiger charge is 2.18. The van der Waals surface area contributed by atoms with Gasteiger partial charge in [0.15, 0.2) is 0 Å². The summed E-state index contributed by atoms with van der Waals surface area (Å²) in [5.74, 6) is 0. The topological polar surface area (TPSA) is 61.8 Å². The number of carboxylic acid groups (broad SMARTS) is 1. The normalized spacial score (nSPS) is 26.8. The molecule has 2 N–H and O–H groups in total. The lowest BCUT2D eigenvalue weighted by Crippen LogP contribution is -2.48. The summed E-state index contributed by atoms with van der Waals surface area (Å²) in [6, 6.07) is 0. The first-order chi connectivity index (χ1) is 5.18. The Morgan fingerprint density at radius 1 is 1.91 bits per heavy atom.